The number of halogens is 2. The van der Waals surface area contributed by atoms with Crippen molar-refractivity contribution in [1.82, 2.24) is 5.32 Å². The zero-order chi connectivity index (χ0) is 16.1. The lowest BCUT2D eigenvalue weighted by molar-refractivity contribution is -0.125. The molecule has 7 heteroatoms. The standard InChI is InChI=1S/C18H27N3O2.2ClH/c19-17(14-8-12-23-13-9-14)18(22)20-15-6-10-21(11-7-15)16-4-2-1-3-5-16;;/h1-5,14-15,17H,6-13,19H2,(H,20,22);2*1H. The van der Waals surface area contributed by atoms with Gasteiger partial charge >= 0.3 is 0 Å². The summed E-state index contributed by atoms with van der Waals surface area (Å²) in [5, 5.41) is 3.16. The Morgan fingerprint density at radius 3 is 2.28 bits per heavy atom. The molecule has 2 fully saturated rings. The number of nitrogens with one attached hydrogen (secondary N) is 1. The van der Waals surface area contributed by atoms with Gasteiger partial charge in [0, 0.05) is 38.0 Å². The number of carbonyl (C=O) groups is 1. The van der Waals surface area contributed by atoms with Crippen LogP contribution < -0.4 is 16.0 Å². The first-order valence-electron chi connectivity index (χ1n) is 8.68. The first kappa shape index (κ1) is 22.0. The Morgan fingerprint density at radius 2 is 1.68 bits per heavy atom. The third-order valence-electron chi connectivity index (χ3n) is 5.04. The SMILES string of the molecule is Cl.Cl.NC(C(=O)NC1CCN(c2ccccc2)CC1)C1CCOCC1. The van der Waals surface area contributed by atoms with Gasteiger partial charge in [-0.3, -0.25) is 4.79 Å². The molecule has 0 aliphatic carbocycles. The Balaban J connectivity index is 0.00000156. The van der Waals surface area contributed by atoms with Gasteiger partial charge in [-0.25, -0.2) is 0 Å². The van der Waals surface area contributed by atoms with Crippen molar-refractivity contribution >= 4 is 36.4 Å². The van der Waals surface area contributed by atoms with Crippen LogP contribution in [-0.2, 0) is 9.53 Å². The molecule has 2 heterocycles. The van der Waals surface area contributed by atoms with E-state index in [2.05, 4.69) is 34.5 Å². The van der Waals surface area contributed by atoms with Crippen molar-refractivity contribution in [2.45, 2.75) is 37.8 Å². The second kappa shape index (κ2) is 10.9. The average Bonchev–Trinajstić information content (AvgIpc) is 2.63. The largest absolute Gasteiger partial charge is 0.381 e. The number of hydrogen-bond acceptors (Lipinski definition) is 4. The van der Waals surface area contributed by atoms with Crippen molar-refractivity contribution in [3.63, 3.8) is 0 Å². The molecule has 2 saturated heterocycles. The second-order valence-electron chi connectivity index (χ2n) is 6.58. The molecule has 0 aromatic heterocycles. The quantitative estimate of drug-likeness (QED) is 0.829. The van der Waals surface area contributed by atoms with Gasteiger partial charge in [-0.2, -0.15) is 0 Å². The maximum atomic E-state index is 12.4. The van der Waals surface area contributed by atoms with Gasteiger partial charge in [-0.1, -0.05) is 18.2 Å². The van der Waals surface area contributed by atoms with E-state index in [0.29, 0.717) is 0 Å². The molecule has 1 unspecified atom stereocenters. The van der Waals surface area contributed by atoms with Gasteiger partial charge in [0.05, 0.1) is 6.04 Å². The van der Waals surface area contributed by atoms with Gasteiger partial charge in [0.1, 0.15) is 0 Å². The van der Waals surface area contributed by atoms with Crippen molar-refractivity contribution in [3.05, 3.63) is 30.3 Å². The molecule has 0 spiro atoms. The van der Waals surface area contributed by atoms with E-state index in [1.165, 1.54) is 5.69 Å². The van der Waals surface area contributed by atoms with Gasteiger partial charge < -0.3 is 20.7 Å². The number of anilines is 1. The first-order valence-corrected chi connectivity index (χ1v) is 8.68. The summed E-state index contributed by atoms with van der Waals surface area (Å²) >= 11 is 0. The molecule has 3 rings (SSSR count). The lowest BCUT2D eigenvalue weighted by Crippen LogP contribution is -2.52. The van der Waals surface area contributed by atoms with E-state index in [0.717, 1.165) is 52.0 Å². The highest BCUT2D eigenvalue weighted by Crippen LogP contribution is 2.21. The molecule has 1 amide bonds. The number of benzene rings is 1. The third-order valence-corrected chi connectivity index (χ3v) is 5.04. The van der Waals surface area contributed by atoms with Crippen molar-refractivity contribution in [2.24, 2.45) is 11.7 Å². The highest BCUT2D eigenvalue weighted by Gasteiger charge is 2.29. The molecule has 0 saturated carbocycles. The minimum Gasteiger partial charge on any atom is -0.381 e. The molecule has 0 bridgehead atoms. The molecule has 0 radical (unpaired) electrons. The number of hydrogen-bond donors (Lipinski definition) is 2. The number of piperidine rings is 1. The maximum Gasteiger partial charge on any atom is 0.237 e. The molecule has 1 aromatic rings. The van der Waals surface area contributed by atoms with E-state index in [9.17, 15) is 4.79 Å². The van der Waals surface area contributed by atoms with Gasteiger partial charge in [0.25, 0.3) is 0 Å². The minimum absolute atomic E-state index is 0. The fraction of sp³-hybridized carbons (Fsp3) is 0.611. The van der Waals surface area contributed by atoms with E-state index in [1.54, 1.807) is 0 Å². The van der Waals surface area contributed by atoms with Crippen molar-refractivity contribution < 1.29 is 9.53 Å². The van der Waals surface area contributed by atoms with Crippen molar-refractivity contribution in [3.8, 4) is 0 Å². The molecule has 142 valence electrons. The van der Waals surface area contributed by atoms with E-state index in [1.807, 2.05) is 6.07 Å². The predicted molar refractivity (Wildman–Crippen MR) is 106 cm³/mol. The number of nitrogens with two attached hydrogens (primary N) is 1. The van der Waals surface area contributed by atoms with E-state index >= 15 is 0 Å². The summed E-state index contributed by atoms with van der Waals surface area (Å²) in [6.45, 7) is 3.39. The van der Waals surface area contributed by atoms with Crippen LogP contribution in [0.1, 0.15) is 25.7 Å². The van der Waals surface area contributed by atoms with Gasteiger partial charge in [-0.05, 0) is 43.7 Å². The third kappa shape index (κ3) is 6.03. The number of nitrogens with zero attached hydrogens (tertiary/aromatic N) is 1. The molecule has 25 heavy (non-hydrogen) atoms. The summed E-state index contributed by atoms with van der Waals surface area (Å²) in [6.07, 6.45) is 3.73. The van der Waals surface area contributed by atoms with E-state index in [4.69, 9.17) is 10.5 Å². The molecule has 2 aliphatic heterocycles. The lowest BCUT2D eigenvalue weighted by atomic mass is 9.91. The van der Waals surface area contributed by atoms with Crippen LogP contribution in [0, 0.1) is 5.92 Å². The van der Waals surface area contributed by atoms with Crippen molar-refractivity contribution in [2.75, 3.05) is 31.2 Å². The second-order valence-corrected chi connectivity index (χ2v) is 6.58. The van der Waals surface area contributed by atoms with Gasteiger partial charge in [-0.15, -0.1) is 24.8 Å². The van der Waals surface area contributed by atoms with Crippen molar-refractivity contribution in [1.29, 1.82) is 0 Å². The zero-order valence-electron chi connectivity index (χ0n) is 14.4. The fourth-order valence-electron chi connectivity index (χ4n) is 3.51. The van der Waals surface area contributed by atoms with Crippen LogP contribution in [0.2, 0.25) is 0 Å². The van der Waals surface area contributed by atoms with Crippen LogP contribution in [0.5, 0.6) is 0 Å². The number of amides is 1. The smallest absolute Gasteiger partial charge is 0.237 e. The average molecular weight is 390 g/mol. The summed E-state index contributed by atoms with van der Waals surface area (Å²) < 4.78 is 5.34. The Kier molecular flexibility index (Phi) is 9.57. The van der Waals surface area contributed by atoms with E-state index in [-0.39, 0.29) is 42.7 Å². The molecule has 2 aliphatic rings. The number of para-hydroxylation sites is 1. The molecular formula is C18H29Cl2N3O2. The zero-order valence-corrected chi connectivity index (χ0v) is 16.1. The molecule has 1 atom stereocenters. The minimum atomic E-state index is -0.397. The topological polar surface area (TPSA) is 67.6 Å². The van der Waals surface area contributed by atoms with E-state index < -0.39 is 6.04 Å². The predicted octanol–water partition coefficient (Wildman–Crippen LogP) is 2.37. The first-order chi connectivity index (χ1) is 11.2. The summed E-state index contributed by atoms with van der Waals surface area (Å²) in [5.41, 5.74) is 7.41. The number of rotatable bonds is 4. The normalized spacial score (nSPS) is 20.1. The Morgan fingerprint density at radius 1 is 1.08 bits per heavy atom. The highest BCUT2D eigenvalue weighted by atomic mass is 35.5. The highest BCUT2D eigenvalue weighted by molar-refractivity contribution is 5.85. The molecule has 5 nitrogen and oxygen atoms in total. The summed E-state index contributed by atoms with van der Waals surface area (Å²) in [5.74, 6) is 0.267. The van der Waals surface area contributed by atoms with Crippen LogP contribution in [0.25, 0.3) is 0 Å². The molecule has 3 N–H and O–H groups in total. The Hall–Kier alpha value is -1.01. The van der Waals surface area contributed by atoms with Crippen LogP contribution in [0.15, 0.2) is 30.3 Å². The van der Waals surface area contributed by atoms with Crippen LogP contribution in [0.3, 0.4) is 0 Å². The summed E-state index contributed by atoms with van der Waals surface area (Å²) in [6, 6.07) is 10.3. The fourth-order valence-corrected chi connectivity index (χ4v) is 3.51. The summed E-state index contributed by atoms with van der Waals surface area (Å²) in [7, 11) is 0. The van der Waals surface area contributed by atoms with Gasteiger partial charge in [0.15, 0.2) is 0 Å². The molecule has 1 aromatic carbocycles. The maximum absolute atomic E-state index is 12.4. The number of ether oxygens (including phenoxy) is 1. The Labute approximate surface area is 162 Å². The Bertz CT molecular complexity index is 504. The van der Waals surface area contributed by atoms with Gasteiger partial charge in [0.2, 0.25) is 5.91 Å². The van der Waals surface area contributed by atoms with Crippen LogP contribution in [0.4, 0.5) is 5.69 Å². The van der Waals surface area contributed by atoms with Crippen LogP contribution in [-0.4, -0.2) is 44.3 Å². The lowest BCUT2D eigenvalue weighted by Gasteiger charge is -2.35. The molecular weight excluding hydrogens is 361 g/mol. The summed E-state index contributed by atoms with van der Waals surface area (Å²) in [4.78, 5) is 14.7. The monoisotopic (exact) mass is 389 g/mol. The van der Waals surface area contributed by atoms with Crippen LogP contribution >= 0.6 is 24.8 Å². The number of carbonyl (C=O) groups excluding carboxylic acids is 1.